The molecule has 1 amide bonds. The van der Waals surface area contributed by atoms with Gasteiger partial charge in [0.2, 0.25) is 0 Å². The summed E-state index contributed by atoms with van der Waals surface area (Å²) in [6.07, 6.45) is 0.219. The molecule has 130 valence electrons. The Kier molecular flexibility index (Phi) is 4.87. The molecule has 0 aliphatic carbocycles. The quantitative estimate of drug-likeness (QED) is 0.845. The number of hydrogen-bond acceptors (Lipinski definition) is 4. The second-order valence-corrected chi connectivity index (χ2v) is 6.70. The summed E-state index contributed by atoms with van der Waals surface area (Å²) in [5, 5.41) is 16.3. The number of nitrogens with zero attached hydrogens (tertiary/aromatic N) is 2. The fraction of sp³-hybridized carbons (Fsp3) is 0.222. The summed E-state index contributed by atoms with van der Waals surface area (Å²) in [6, 6.07) is 12.4. The smallest absolute Gasteiger partial charge is 0.283 e. The zero-order valence-electron chi connectivity index (χ0n) is 13.4. The summed E-state index contributed by atoms with van der Waals surface area (Å²) < 4.78 is 19.1. The van der Waals surface area contributed by atoms with E-state index in [4.69, 9.17) is 4.74 Å². The normalized spacial score (nSPS) is 19.7. The molecule has 0 saturated carbocycles. The highest BCUT2D eigenvalue weighted by Gasteiger charge is 2.44. The van der Waals surface area contributed by atoms with Crippen LogP contribution in [0.2, 0.25) is 0 Å². The van der Waals surface area contributed by atoms with Gasteiger partial charge in [0.25, 0.3) is 5.91 Å². The lowest BCUT2D eigenvalue weighted by atomic mass is 9.98. The van der Waals surface area contributed by atoms with E-state index >= 15 is 0 Å². The number of hydrogen-bond donors (Lipinski definition) is 1. The Morgan fingerprint density at radius 2 is 1.92 bits per heavy atom. The highest BCUT2D eigenvalue weighted by atomic mass is 79.9. The molecule has 0 unspecified atom stereocenters. The molecule has 0 spiro atoms. The van der Waals surface area contributed by atoms with Crippen LogP contribution in [0.25, 0.3) is 0 Å². The van der Waals surface area contributed by atoms with Gasteiger partial charge in [-0.2, -0.15) is 10.1 Å². The fourth-order valence-electron chi connectivity index (χ4n) is 2.66. The molecular weight excluding hydrogens is 391 g/mol. The van der Waals surface area contributed by atoms with E-state index in [1.165, 1.54) is 24.3 Å². The Hall–Kier alpha value is -2.25. The molecule has 2 aromatic rings. The van der Waals surface area contributed by atoms with E-state index in [0.29, 0.717) is 17.0 Å². The molecule has 0 bridgehead atoms. The molecule has 0 saturated heterocycles. The number of carbonyl (C=O) groups excluding carboxylic acids is 1. The van der Waals surface area contributed by atoms with E-state index < -0.39 is 11.6 Å². The fourth-order valence-corrected chi connectivity index (χ4v) is 2.92. The minimum atomic E-state index is -1.55. The Bertz CT molecular complexity index is 808. The molecule has 5 nitrogen and oxygen atoms in total. The van der Waals surface area contributed by atoms with Crippen LogP contribution >= 0.6 is 15.9 Å². The van der Waals surface area contributed by atoms with Gasteiger partial charge in [-0.05, 0) is 43.3 Å². The van der Waals surface area contributed by atoms with Gasteiger partial charge in [-0.15, -0.1) is 0 Å². The van der Waals surface area contributed by atoms with Crippen molar-refractivity contribution in [3.8, 4) is 5.75 Å². The van der Waals surface area contributed by atoms with Crippen molar-refractivity contribution in [1.82, 2.24) is 5.01 Å². The number of halogens is 2. The summed E-state index contributed by atoms with van der Waals surface area (Å²) in [5.74, 6) is -0.517. The lowest BCUT2D eigenvalue weighted by Crippen LogP contribution is -2.45. The van der Waals surface area contributed by atoms with E-state index in [1.807, 2.05) is 0 Å². The lowest BCUT2D eigenvalue weighted by molar-refractivity contribution is -0.159. The van der Waals surface area contributed by atoms with Crippen LogP contribution in [-0.2, 0) is 10.5 Å². The maximum atomic E-state index is 12.9. The van der Waals surface area contributed by atoms with Gasteiger partial charge in [-0.25, -0.2) is 4.39 Å². The summed E-state index contributed by atoms with van der Waals surface area (Å²) in [5.41, 5.74) is -0.347. The summed E-state index contributed by atoms with van der Waals surface area (Å²) in [6.45, 7) is 1.43. The minimum absolute atomic E-state index is 0.219. The molecule has 0 radical (unpaired) electrons. The summed E-state index contributed by atoms with van der Waals surface area (Å²) >= 11 is 3.35. The van der Waals surface area contributed by atoms with Crippen LogP contribution in [0.1, 0.15) is 18.9 Å². The van der Waals surface area contributed by atoms with Crippen LogP contribution < -0.4 is 4.74 Å². The first-order chi connectivity index (χ1) is 11.9. The van der Waals surface area contributed by atoms with E-state index in [0.717, 1.165) is 9.48 Å². The predicted octanol–water partition coefficient (Wildman–Crippen LogP) is 3.42. The Morgan fingerprint density at radius 3 is 2.56 bits per heavy atom. The van der Waals surface area contributed by atoms with E-state index in [9.17, 15) is 14.3 Å². The van der Waals surface area contributed by atoms with E-state index in [2.05, 4.69) is 21.0 Å². The highest BCUT2D eigenvalue weighted by Crippen LogP contribution is 2.35. The van der Waals surface area contributed by atoms with Gasteiger partial charge in [0.05, 0.1) is 0 Å². The molecule has 7 heteroatoms. The van der Waals surface area contributed by atoms with Gasteiger partial charge in [-0.1, -0.05) is 28.1 Å². The largest absolute Gasteiger partial charge is 0.484 e. The number of hydrazone groups is 1. The molecule has 3 rings (SSSR count). The molecule has 1 N–H and O–H groups in total. The summed E-state index contributed by atoms with van der Waals surface area (Å²) in [4.78, 5) is 12.5. The zero-order valence-corrected chi connectivity index (χ0v) is 15.0. The standard InChI is InChI=1S/C18H16BrFN2O3/c1-12-10-18(24,13-2-4-14(19)5-3-13)22(21-12)17(23)11-25-16-8-6-15(20)7-9-16/h2-9,24H,10-11H2,1H3/t18-/m1/s1. The first-order valence-electron chi connectivity index (χ1n) is 7.62. The van der Waals surface area contributed by atoms with Gasteiger partial charge in [0.1, 0.15) is 11.6 Å². The molecule has 1 aliphatic rings. The maximum absolute atomic E-state index is 12.9. The van der Waals surface area contributed by atoms with Crippen LogP contribution in [0.15, 0.2) is 58.1 Å². The zero-order chi connectivity index (χ0) is 18.0. The number of amides is 1. The number of carbonyl (C=O) groups is 1. The lowest BCUT2D eigenvalue weighted by Gasteiger charge is -2.31. The maximum Gasteiger partial charge on any atom is 0.283 e. The first kappa shape index (κ1) is 17.6. The van der Waals surface area contributed by atoms with Crippen molar-refractivity contribution < 1.29 is 19.0 Å². The van der Waals surface area contributed by atoms with Crippen molar-refractivity contribution in [1.29, 1.82) is 0 Å². The topological polar surface area (TPSA) is 62.1 Å². The van der Waals surface area contributed by atoms with Crippen molar-refractivity contribution in [2.45, 2.75) is 19.1 Å². The van der Waals surface area contributed by atoms with Crippen LogP contribution in [0.5, 0.6) is 5.75 Å². The minimum Gasteiger partial charge on any atom is -0.484 e. The van der Waals surface area contributed by atoms with E-state index in [1.54, 1.807) is 31.2 Å². The van der Waals surface area contributed by atoms with Crippen molar-refractivity contribution in [3.63, 3.8) is 0 Å². The third-order valence-electron chi connectivity index (χ3n) is 3.84. The third kappa shape index (κ3) is 3.72. The van der Waals surface area contributed by atoms with Crippen molar-refractivity contribution >= 4 is 27.5 Å². The van der Waals surface area contributed by atoms with Gasteiger partial charge in [-0.3, -0.25) is 4.79 Å². The monoisotopic (exact) mass is 406 g/mol. The molecule has 1 aliphatic heterocycles. The second kappa shape index (κ2) is 6.93. The number of rotatable bonds is 4. The molecule has 1 heterocycles. The van der Waals surface area contributed by atoms with Crippen LogP contribution in [-0.4, -0.2) is 28.3 Å². The van der Waals surface area contributed by atoms with Gasteiger partial charge in [0.15, 0.2) is 12.3 Å². The predicted molar refractivity (Wildman–Crippen MR) is 94.5 cm³/mol. The SMILES string of the molecule is CC1=NN(C(=O)COc2ccc(F)cc2)[C@](O)(c2ccc(Br)cc2)C1. The van der Waals surface area contributed by atoms with Gasteiger partial charge >= 0.3 is 0 Å². The molecule has 0 fully saturated rings. The van der Waals surface area contributed by atoms with Crippen molar-refractivity contribution in [2.24, 2.45) is 5.10 Å². The molecule has 25 heavy (non-hydrogen) atoms. The molecular formula is C18H16BrFN2O3. The Labute approximate surface area is 152 Å². The highest BCUT2D eigenvalue weighted by molar-refractivity contribution is 9.10. The van der Waals surface area contributed by atoms with Crippen LogP contribution in [0.4, 0.5) is 4.39 Å². The average molecular weight is 407 g/mol. The van der Waals surface area contributed by atoms with Crippen molar-refractivity contribution in [2.75, 3.05) is 6.61 Å². The van der Waals surface area contributed by atoms with Crippen LogP contribution in [0, 0.1) is 5.82 Å². The second-order valence-electron chi connectivity index (χ2n) is 5.78. The number of aliphatic hydroxyl groups is 1. The van der Waals surface area contributed by atoms with Crippen LogP contribution in [0.3, 0.4) is 0 Å². The number of ether oxygens (including phenoxy) is 1. The van der Waals surface area contributed by atoms with Gasteiger partial charge in [0, 0.05) is 22.2 Å². The molecule has 2 aromatic carbocycles. The Balaban J connectivity index is 1.77. The first-order valence-corrected chi connectivity index (χ1v) is 8.42. The van der Waals surface area contributed by atoms with E-state index in [-0.39, 0.29) is 18.8 Å². The average Bonchev–Trinajstić information content (AvgIpc) is 2.90. The molecule has 1 atom stereocenters. The summed E-state index contributed by atoms with van der Waals surface area (Å²) in [7, 11) is 0. The number of benzene rings is 2. The van der Waals surface area contributed by atoms with Gasteiger partial charge < -0.3 is 9.84 Å². The van der Waals surface area contributed by atoms with Crippen molar-refractivity contribution in [3.05, 3.63) is 64.4 Å². The molecule has 0 aromatic heterocycles. The third-order valence-corrected chi connectivity index (χ3v) is 4.37. The Morgan fingerprint density at radius 1 is 1.28 bits per heavy atom.